The summed E-state index contributed by atoms with van der Waals surface area (Å²) >= 11 is 0. The average Bonchev–Trinajstić information content (AvgIpc) is 2.76. The smallest absolute Gasteiger partial charge is 0.293 e. The Morgan fingerprint density at radius 1 is 1.30 bits per heavy atom. The highest BCUT2D eigenvalue weighted by Gasteiger charge is 2.22. The number of guanidine groups is 1. The first-order valence-corrected chi connectivity index (χ1v) is 9.50. The SMILES string of the molecule is C#CCOc1ccccc1CNC(=NC)N1CCN(c2nccn(C)c2=O)CC1.I. The van der Waals surface area contributed by atoms with Gasteiger partial charge in [0.15, 0.2) is 11.8 Å². The fourth-order valence-corrected chi connectivity index (χ4v) is 3.25. The van der Waals surface area contributed by atoms with Gasteiger partial charge >= 0.3 is 0 Å². The van der Waals surface area contributed by atoms with Crippen LogP contribution in [0.15, 0.2) is 46.4 Å². The second kappa shape index (κ2) is 11.4. The summed E-state index contributed by atoms with van der Waals surface area (Å²) in [5.41, 5.74) is 0.937. The molecule has 0 aliphatic carbocycles. The number of hydrogen-bond acceptors (Lipinski definition) is 5. The molecule has 8 nitrogen and oxygen atoms in total. The maximum atomic E-state index is 12.3. The number of anilines is 1. The zero-order valence-electron chi connectivity index (χ0n) is 17.2. The fourth-order valence-electron chi connectivity index (χ4n) is 3.25. The van der Waals surface area contributed by atoms with Crippen LogP contribution in [0.2, 0.25) is 0 Å². The molecule has 0 atom stereocenters. The van der Waals surface area contributed by atoms with Gasteiger partial charge in [0.1, 0.15) is 12.4 Å². The summed E-state index contributed by atoms with van der Waals surface area (Å²) in [4.78, 5) is 25.2. The van der Waals surface area contributed by atoms with Crippen molar-refractivity contribution in [3.63, 3.8) is 0 Å². The Hall–Kier alpha value is -2.74. The lowest BCUT2D eigenvalue weighted by Gasteiger charge is -2.36. The number of nitrogens with one attached hydrogen (secondary N) is 1. The van der Waals surface area contributed by atoms with E-state index in [1.807, 2.05) is 29.2 Å². The number of piperazine rings is 1. The summed E-state index contributed by atoms with van der Waals surface area (Å²) in [6.07, 6.45) is 8.61. The van der Waals surface area contributed by atoms with E-state index >= 15 is 0 Å². The number of halogens is 1. The summed E-state index contributed by atoms with van der Waals surface area (Å²) in [6.45, 7) is 3.71. The van der Waals surface area contributed by atoms with Crippen molar-refractivity contribution in [2.24, 2.45) is 12.0 Å². The van der Waals surface area contributed by atoms with E-state index in [-0.39, 0.29) is 36.1 Å². The standard InChI is InChI=1S/C21H26N6O2.HI/c1-4-15-29-18-8-6-5-7-17(18)16-24-21(22-2)27-13-11-26(12-14-27)19-20(28)25(3)10-9-23-19;/h1,5-10H,11-16H2,2-3H3,(H,22,24);1H. The first-order valence-electron chi connectivity index (χ1n) is 9.50. The van der Waals surface area contributed by atoms with Crippen molar-refractivity contribution in [3.8, 4) is 18.1 Å². The van der Waals surface area contributed by atoms with Crippen LogP contribution in [0.4, 0.5) is 5.82 Å². The first-order chi connectivity index (χ1) is 14.1. The molecule has 1 N–H and O–H groups in total. The number of aryl methyl sites for hydroxylation is 1. The van der Waals surface area contributed by atoms with Gasteiger partial charge in [0.25, 0.3) is 5.56 Å². The van der Waals surface area contributed by atoms with Crippen LogP contribution in [0.3, 0.4) is 0 Å². The average molecular weight is 522 g/mol. The molecule has 0 bridgehead atoms. The van der Waals surface area contributed by atoms with Crippen molar-refractivity contribution in [2.45, 2.75) is 6.54 Å². The van der Waals surface area contributed by atoms with Gasteiger partial charge < -0.3 is 24.4 Å². The zero-order valence-corrected chi connectivity index (χ0v) is 19.6. The van der Waals surface area contributed by atoms with E-state index in [1.165, 1.54) is 0 Å². The number of ether oxygens (including phenoxy) is 1. The molecule has 1 aromatic carbocycles. The number of terminal acetylenes is 1. The van der Waals surface area contributed by atoms with E-state index < -0.39 is 0 Å². The van der Waals surface area contributed by atoms with E-state index in [0.717, 1.165) is 30.4 Å². The summed E-state index contributed by atoms with van der Waals surface area (Å²) in [5, 5.41) is 3.39. The van der Waals surface area contributed by atoms with Crippen LogP contribution in [-0.4, -0.2) is 60.2 Å². The number of nitrogens with zero attached hydrogens (tertiary/aromatic N) is 5. The fraction of sp³-hybridized carbons (Fsp3) is 0.381. The maximum absolute atomic E-state index is 12.3. The Labute approximate surface area is 194 Å². The van der Waals surface area contributed by atoms with Crippen molar-refractivity contribution >= 4 is 35.8 Å². The zero-order chi connectivity index (χ0) is 20.6. The number of benzene rings is 1. The second-order valence-corrected chi connectivity index (χ2v) is 6.64. The van der Waals surface area contributed by atoms with Gasteiger partial charge in [0.05, 0.1) is 0 Å². The van der Waals surface area contributed by atoms with E-state index in [2.05, 4.69) is 26.1 Å². The number of aromatic nitrogens is 2. The molecule has 0 unspecified atom stereocenters. The van der Waals surface area contributed by atoms with Gasteiger partial charge in [0, 0.05) is 64.8 Å². The topological polar surface area (TPSA) is 75.0 Å². The quantitative estimate of drug-likeness (QED) is 0.277. The molecule has 0 saturated carbocycles. The van der Waals surface area contributed by atoms with E-state index in [4.69, 9.17) is 11.2 Å². The van der Waals surface area contributed by atoms with Crippen LogP contribution in [0.5, 0.6) is 5.75 Å². The predicted molar refractivity (Wildman–Crippen MR) is 130 cm³/mol. The largest absolute Gasteiger partial charge is 0.481 e. The molecule has 1 aromatic heterocycles. The highest BCUT2D eigenvalue weighted by molar-refractivity contribution is 14.0. The van der Waals surface area contributed by atoms with Crippen molar-refractivity contribution < 1.29 is 4.74 Å². The predicted octanol–water partition coefficient (Wildman–Crippen LogP) is 1.31. The molecule has 9 heteroatoms. The third kappa shape index (κ3) is 5.66. The molecular weight excluding hydrogens is 495 g/mol. The minimum Gasteiger partial charge on any atom is -0.481 e. The summed E-state index contributed by atoms with van der Waals surface area (Å²) in [6, 6.07) is 7.80. The van der Waals surface area contributed by atoms with Crippen molar-refractivity contribution in [3.05, 3.63) is 52.6 Å². The molecule has 1 aliphatic heterocycles. The number of hydrogen-bond donors (Lipinski definition) is 1. The van der Waals surface area contributed by atoms with E-state index in [1.54, 1.807) is 31.1 Å². The van der Waals surface area contributed by atoms with Crippen LogP contribution < -0.4 is 20.5 Å². The highest BCUT2D eigenvalue weighted by Crippen LogP contribution is 2.18. The number of aliphatic imine (C=N–C) groups is 1. The highest BCUT2D eigenvalue weighted by atomic mass is 127. The summed E-state index contributed by atoms with van der Waals surface area (Å²) < 4.78 is 7.16. The van der Waals surface area contributed by atoms with Gasteiger partial charge in [-0.25, -0.2) is 4.98 Å². The van der Waals surface area contributed by atoms with Gasteiger partial charge in [-0.1, -0.05) is 24.1 Å². The van der Waals surface area contributed by atoms with E-state index in [9.17, 15) is 4.79 Å². The molecule has 3 rings (SSSR count). The minimum atomic E-state index is -0.0768. The van der Waals surface area contributed by atoms with Gasteiger partial charge in [-0.2, -0.15) is 0 Å². The summed E-state index contributed by atoms with van der Waals surface area (Å²) in [7, 11) is 3.50. The molecule has 2 heterocycles. The molecule has 1 aliphatic rings. The molecule has 1 fully saturated rings. The van der Waals surface area contributed by atoms with Gasteiger partial charge in [-0.3, -0.25) is 9.79 Å². The molecule has 30 heavy (non-hydrogen) atoms. The maximum Gasteiger partial charge on any atom is 0.293 e. The normalized spacial score (nSPS) is 14.0. The first kappa shape index (κ1) is 23.5. The van der Waals surface area contributed by atoms with Crippen LogP contribution in [0, 0.1) is 12.3 Å². The molecule has 0 amide bonds. The Bertz CT molecular complexity index is 960. The lowest BCUT2D eigenvalue weighted by molar-refractivity contribution is 0.361. The lowest BCUT2D eigenvalue weighted by Crippen LogP contribution is -2.53. The van der Waals surface area contributed by atoms with Crippen LogP contribution in [-0.2, 0) is 13.6 Å². The Balaban J connectivity index is 0.00000320. The molecule has 2 aromatic rings. The Morgan fingerprint density at radius 3 is 2.73 bits per heavy atom. The van der Waals surface area contributed by atoms with Gasteiger partial charge in [-0.15, -0.1) is 30.4 Å². The number of rotatable bonds is 5. The Morgan fingerprint density at radius 2 is 2.03 bits per heavy atom. The van der Waals surface area contributed by atoms with Crippen LogP contribution in [0.25, 0.3) is 0 Å². The lowest BCUT2D eigenvalue weighted by atomic mass is 10.2. The number of para-hydroxylation sites is 1. The van der Waals surface area contributed by atoms with Crippen LogP contribution >= 0.6 is 24.0 Å². The van der Waals surface area contributed by atoms with E-state index in [0.29, 0.717) is 25.5 Å². The summed E-state index contributed by atoms with van der Waals surface area (Å²) in [5.74, 6) is 4.56. The van der Waals surface area contributed by atoms with Gasteiger partial charge in [-0.05, 0) is 6.07 Å². The molecular formula is C21H27IN6O2. The van der Waals surface area contributed by atoms with Crippen molar-refractivity contribution in [1.82, 2.24) is 19.8 Å². The molecule has 1 saturated heterocycles. The third-order valence-electron chi connectivity index (χ3n) is 4.81. The molecule has 160 valence electrons. The Kier molecular flexibility index (Phi) is 8.98. The monoisotopic (exact) mass is 522 g/mol. The van der Waals surface area contributed by atoms with Crippen molar-refractivity contribution in [1.29, 1.82) is 0 Å². The molecule has 0 spiro atoms. The third-order valence-corrected chi connectivity index (χ3v) is 4.81. The van der Waals surface area contributed by atoms with Crippen molar-refractivity contribution in [2.75, 3.05) is 44.7 Å². The van der Waals surface area contributed by atoms with Crippen LogP contribution in [0.1, 0.15) is 5.56 Å². The second-order valence-electron chi connectivity index (χ2n) is 6.64. The minimum absolute atomic E-state index is 0. The van der Waals surface area contributed by atoms with Gasteiger partial charge in [0.2, 0.25) is 0 Å². The molecule has 0 radical (unpaired) electrons.